The molecule has 1 aromatic rings. The molecule has 0 unspecified atom stereocenters. The molecular formula is C15H20N2O4. The van der Waals surface area contributed by atoms with Crippen molar-refractivity contribution in [2.75, 3.05) is 13.1 Å². The van der Waals surface area contributed by atoms with Crippen molar-refractivity contribution in [1.29, 1.82) is 0 Å². The first-order chi connectivity index (χ1) is 9.88. The molecular weight excluding hydrogens is 272 g/mol. The lowest BCUT2D eigenvalue weighted by Gasteiger charge is -2.20. The second-order valence-electron chi connectivity index (χ2n) is 5.64. The minimum Gasteiger partial charge on any atom is -0.508 e. The monoisotopic (exact) mass is 292 g/mol. The smallest absolute Gasteiger partial charge is 0.308 e. The Balaban J connectivity index is 1.97. The van der Waals surface area contributed by atoms with E-state index in [4.69, 9.17) is 10.8 Å². The van der Waals surface area contributed by atoms with E-state index in [2.05, 4.69) is 0 Å². The Morgan fingerprint density at radius 3 is 2.48 bits per heavy atom. The Hall–Kier alpha value is -2.08. The first-order valence-electron chi connectivity index (χ1n) is 6.93. The van der Waals surface area contributed by atoms with E-state index in [1.807, 2.05) is 6.92 Å². The van der Waals surface area contributed by atoms with E-state index in [0.717, 1.165) is 5.56 Å². The molecule has 1 aliphatic heterocycles. The van der Waals surface area contributed by atoms with Gasteiger partial charge in [-0.2, -0.15) is 0 Å². The van der Waals surface area contributed by atoms with Crippen molar-refractivity contribution < 1.29 is 19.8 Å². The van der Waals surface area contributed by atoms with Gasteiger partial charge >= 0.3 is 5.97 Å². The summed E-state index contributed by atoms with van der Waals surface area (Å²) in [6.45, 7) is 2.48. The van der Waals surface area contributed by atoms with E-state index in [-0.39, 0.29) is 24.1 Å². The molecule has 0 aliphatic carbocycles. The summed E-state index contributed by atoms with van der Waals surface area (Å²) in [6, 6.07) is 5.83. The predicted octanol–water partition coefficient (Wildman–Crippen LogP) is 0.441. The van der Waals surface area contributed by atoms with Crippen LogP contribution < -0.4 is 5.73 Å². The molecule has 1 saturated heterocycles. The zero-order valence-corrected chi connectivity index (χ0v) is 11.9. The van der Waals surface area contributed by atoms with Gasteiger partial charge in [-0.3, -0.25) is 9.59 Å². The van der Waals surface area contributed by atoms with Crippen LogP contribution >= 0.6 is 0 Å². The number of carboxylic acids is 1. The fraction of sp³-hybridized carbons (Fsp3) is 0.467. The topological polar surface area (TPSA) is 104 Å². The molecule has 1 aliphatic rings. The lowest BCUT2D eigenvalue weighted by atomic mass is 9.99. The highest BCUT2D eigenvalue weighted by molar-refractivity contribution is 5.83. The molecule has 0 spiro atoms. The van der Waals surface area contributed by atoms with Crippen LogP contribution in [-0.4, -0.2) is 46.1 Å². The number of hydrogen-bond acceptors (Lipinski definition) is 4. The van der Waals surface area contributed by atoms with Crippen LogP contribution in [-0.2, 0) is 16.0 Å². The summed E-state index contributed by atoms with van der Waals surface area (Å²) >= 11 is 0. The van der Waals surface area contributed by atoms with Gasteiger partial charge in [0, 0.05) is 13.1 Å². The van der Waals surface area contributed by atoms with E-state index in [1.165, 1.54) is 4.90 Å². The maximum absolute atomic E-state index is 12.3. The molecule has 1 amide bonds. The molecule has 1 heterocycles. The van der Waals surface area contributed by atoms with Gasteiger partial charge in [0.1, 0.15) is 5.75 Å². The first-order valence-corrected chi connectivity index (χ1v) is 6.93. The number of amides is 1. The molecule has 0 aromatic heterocycles. The first kappa shape index (κ1) is 15.3. The van der Waals surface area contributed by atoms with Crippen LogP contribution in [0.15, 0.2) is 24.3 Å². The van der Waals surface area contributed by atoms with Crippen LogP contribution in [0.4, 0.5) is 0 Å². The Kier molecular flexibility index (Phi) is 4.47. The minimum atomic E-state index is -0.870. The second kappa shape index (κ2) is 6.13. The normalized spacial score (nSPS) is 23.0. The Labute approximate surface area is 123 Å². The van der Waals surface area contributed by atoms with Crippen molar-refractivity contribution in [2.24, 2.45) is 17.6 Å². The summed E-state index contributed by atoms with van der Waals surface area (Å²) in [6.07, 6.45) is 0.363. The van der Waals surface area contributed by atoms with Gasteiger partial charge in [-0.05, 0) is 30.0 Å². The molecule has 114 valence electrons. The lowest BCUT2D eigenvalue weighted by Crippen LogP contribution is -2.44. The van der Waals surface area contributed by atoms with Gasteiger partial charge in [0.2, 0.25) is 5.91 Å². The van der Waals surface area contributed by atoms with Gasteiger partial charge in [0.15, 0.2) is 0 Å². The fourth-order valence-corrected chi connectivity index (χ4v) is 2.68. The summed E-state index contributed by atoms with van der Waals surface area (Å²) < 4.78 is 0. The lowest BCUT2D eigenvalue weighted by molar-refractivity contribution is -0.142. The molecule has 0 bridgehead atoms. The summed E-state index contributed by atoms with van der Waals surface area (Å²) in [4.78, 5) is 24.9. The average molecular weight is 292 g/mol. The number of carbonyl (C=O) groups excluding carboxylic acids is 1. The number of rotatable bonds is 4. The third-order valence-electron chi connectivity index (χ3n) is 3.95. The fourth-order valence-electron chi connectivity index (χ4n) is 2.68. The van der Waals surface area contributed by atoms with Crippen molar-refractivity contribution in [3.63, 3.8) is 0 Å². The molecule has 21 heavy (non-hydrogen) atoms. The highest BCUT2D eigenvalue weighted by atomic mass is 16.4. The number of carboxylic acid groups (broad SMARTS) is 1. The quantitative estimate of drug-likeness (QED) is 0.747. The maximum atomic E-state index is 12.3. The van der Waals surface area contributed by atoms with E-state index >= 15 is 0 Å². The summed E-state index contributed by atoms with van der Waals surface area (Å²) in [5, 5.41) is 18.3. The van der Waals surface area contributed by atoms with Gasteiger partial charge in [-0.1, -0.05) is 19.1 Å². The molecule has 1 aromatic carbocycles. The Morgan fingerprint density at radius 1 is 1.33 bits per heavy atom. The average Bonchev–Trinajstić information content (AvgIpc) is 2.82. The zero-order valence-electron chi connectivity index (χ0n) is 11.9. The van der Waals surface area contributed by atoms with Crippen molar-refractivity contribution in [1.82, 2.24) is 4.90 Å². The molecule has 4 N–H and O–H groups in total. The van der Waals surface area contributed by atoms with Crippen LogP contribution in [0.1, 0.15) is 12.5 Å². The van der Waals surface area contributed by atoms with Crippen LogP contribution in [0.2, 0.25) is 0 Å². The van der Waals surface area contributed by atoms with Gasteiger partial charge in [0.05, 0.1) is 12.0 Å². The molecule has 6 heteroatoms. The number of carbonyl (C=O) groups is 2. The van der Waals surface area contributed by atoms with E-state index < -0.39 is 17.9 Å². The van der Waals surface area contributed by atoms with E-state index in [1.54, 1.807) is 24.3 Å². The molecule has 6 nitrogen and oxygen atoms in total. The van der Waals surface area contributed by atoms with Crippen molar-refractivity contribution in [3.05, 3.63) is 29.8 Å². The van der Waals surface area contributed by atoms with E-state index in [9.17, 15) is 14.7 Å². The van der Waals surface area contributed by atoms with E-state index in [0.29, 0.717) is 13.0 Å². The molecule has 0 saturated carbocycles. The van der Waals surface area contributed by atoms with Gasteiger partial charge in [-0.25, -0.2) is 0 Å². The zero-order chi connectivity index (χ0) is 15.6. The third-order valence-corrected chi connectivity index (χ3v) is 3.95. The number of nitrogens with zero attached hydrogens (tertiary/aromatic N) is 1. The summed E-state index contributed by atoms with van der Waals surface area (Å²) in [7, 11) is 0. The minimum absolute atomic E-state index is 0.0627. The number of aliphatic carboxylic acids is 1. The second-order valence-corrected chi connectivity index (χ2v) is 5.64. The van der Waals surface area contributed by atoms with Crippen molar-refractivity contribution in [2.45, 2.75) is 19.4 Å². The highest BCUT2D eigenvalue weighted by Crippen LogP contribution is 2.24. The highest BCUT2D eigenvalue weighted by Gasteiger charge is 2.38. The molecule has 2 rings (SSSR count). The number of nitrogens with two attached hydrogens (primary N) is 1. The number of likely N-dealkylation sites (tertiary alicyclic amines) is 1. The summed E-state index contributed by atoms with van der Waals surface area (Å²) in [5.74, 6) is -1.51. The van der Waals surface area contributed by atoms with Gasteiger partial charge < -0.3 is 20.8 Å². The number of phenols is 1. The van der Waals surface area contributed by atoms with Crippen LogP contribution in [0, 0.1) is 11.8 Å². The largest absolute Gasteiger partial charge is 0.508 e. The molecule has 3 atom stereocenters. The number of aromatic hydroxyl groups is 1. The standard InChI is InChI=1S/C15H20N2O4/c1-9-7-17(8-12(9)15(20)21)14(19)13(16)6-10-2-4-11(18)5-3-10/h2-5,9,12-13,18H,6-8,16H2,1H3,(H,20,21)/t9-,12-,13+/m1/s1. The molecule has 1 fully saturated rings. The van der Waals surface area contributed by atoms with Crippen molar-refractivity contribution in [3.8, 4) is 5.75 Å². The van der Waals surface area contributed by atoms with Gasteiger partial charge in [0.25, 0.3) is 0 Å². The predicted molar refractivity (Wildman–Crippen MR) is 76.7 cm³/mol. The number of benzene rings is 1. The number of hydrogen-bond donors (Lipinski definition) is 3. The van der Waals surface area contributed by atoms with Gasteiger partial charge in [-0.15, -0.1) is 0 Å². The summed E-state index contributed by atoms with van der Waals surface area (Å²) in [5.41, 5.74) is 6.79. The number of phenolic OH excluding ortho intramolecular Hbond substituents is 1. The Bertz CT molecular complexity index is 529. The van der Waals surface area contributed by atoms with Crippen LogP contribution in [0.3, 0.4) is 0 Å². The maximum Gasteiger partial charge on any atom is 0.308 e. The third kappa shape index (κ3) is 3.52. The van der Waals surface area contributed by atoms with Crippen LogP contribution in [0.25, 0.3) is 0 Å². The van der Waals surface area contributed by atoms with Crippen LogP contribution in [0.5, 0.6) is 5.75 Å². The molecule has 0 radical (unpaired) electrons. The Morgan fingerprint density at radius 2 is 1.95 bits per heavy atom. The SMILES string of the molecule is C[C@@H]1CN(C(=O)[C@@H](N)Cc2ccc(O)cc2)C[C@H]1C(=O)O. The van der Waals surface area contributed by atoms with Crippen molar-refractivity contribution >= 4 is 11.9 Å².